The average Bonchev–Trinajstić information content (AvgIpc) is 3.80. The van der Waals surface area contributed by atoms with Gasteiger partial charge in [0, 0.05) is 60.5 Å². The first-order valence-corrected chi connectivity index (χ1v) is 22.5. The lowest BCUT2D eigenvalue weighted by atomic mass is 9.74. The average molecular weight is 789 g/mol. The van der Waals surface area contributed by atoms with E-state index in [-0.39, 0.29) is 21.7 Å². The molecular weight excluding hydrogens is 733 g/mol. The van der Waals surface area contributed by atoms with Crippen molar-refractivity contribution in [1.29, 1.82) is 0 Å². The highest BCUT2D eigenvalue weighted by molar-refractivity contribution is 7.28. The van der Waals surface area contributed by atoms with E-state index in [4.69, 9.17) is 6.58 Å². The number of hydrogen-bond donors (Lipinski definition) is 0. The van der Waals surface area contributed by atoms with Crippen LogP contribution in [0.15, 0.2) is 115 Å². The molecule has 286 valence electrons. The molecule has 0 spiro atoms. The van der Waals surface area contributed by atoms with Crippen molar-refractivity contribution >= 4 is 100 Å². The Kier molecular flexibility index (Phi) is 9.39. The van der Waals surface area contributed by atoms with Crippen molar-refractivity contribution in [1.82, 2.24) is 0 Å². The predicted molar refractivity (Wildman–Crippen MR) is 257 cm³/mol. The maximum absolute atomic E-state index is 4.92. The van der Waals surface area contributed by atoms with Gasteiger partial charge < -0.3 is 0 Å². The van der Waals surface area contributed by atoms with Gasteiger partial charge in [-0.1, -0.05) is 155 Å². The molecule has 0 fully saturated rings. The van der Waals surface area contributed by atoms with E-state index in [1.165, 1.54) is 93.9 Å². The van der Waals surface area contributed by atoms with Crippen LogP contribution in [0.3, 0.4) is 0 Å². The van der Waals surface area contributed by atoms with Gasteiger partial charge in [0.2, 0.25) is 0 Å². The van der Waals surface area contributed by atoms with Gasteiger partial charge in [0.15, 0.2) is 0 Å². The summed E-state index contributed by atoms with van der Waals surface area (Å²) < 4.78 is 8.34. The molecule has 0 radical (unpaired) electrons. The lowest BCUT2D eigenvalue weighted by Gasteiger charge is -2.31. The van der Waals surface area contributed by atoms with Crippen LogP contribution in [0.1, 0.15) is 105 Å². The van der Waals surface area contributed by atoms with Crippen LogP contribution in [0.5, 0.6) is 0 Å². The van der Waals surface area contributed by atoms with Crippen molar-refractivity contribution in [3.63, 3.8) is 0 Å². The van der Waals surface area contributed by atoms with Crippen LogP contribution in [-0.4, -0.2) is 0 Å². The Labute approximate surface area is 346 Å². The van der Waals surface area contributed by atoms with Gasteiger partial charge in [-0.15, -0.1) is 34.0 Å². The Bertz CT molecular complexity index is 2840. The third kappa shape index (κ3) is 6.68. The van der Waals surface area contributed by atoms with Gasteiger partial charge in [-0.2, -0.15) is 0 Å². The maximum Gasteiger partial charge on any atom is 0.0407 e. The Morgan fingerprint density at radius 1 is 0.554 bits per heavy atom. The fourth-order valence-electron chi connectivity index (χ4n) is 8.54. The van der Waals surface area contributed by atoms with Crippen LogP contribution < -0.4 is 0 Å². The zero-order chi connectivity index (χ0) is 40.1. The van der Waals surface area contributed by atoms with Crippen molar-refractivity contribution in [2.45, 2.75) is 100 Å². The second-order valence-electron chi connectivity index (χ2n) is 19.7. The summed E-state index contributed by atoms with van der Waals surface area (Å²) in [7, 11) is 0. The Morgan fingerprint density at radius 2 is 1.04 bits per heavy atom. The molecule has 0 aliphatic heterocycles. The van der Waals surface area contributed by atoms with Crippen molar-refractivity contribution in [2.75, 3.05) is 0 Å². The second kappa shape index (κ2) is 13.5. The summed E-state index contributed by atoms with van der Waals surface area (Å²) in [4.78, 5) is 0. The molecule has 0 amide bonds. The Balaban J connectivity index is 1.42. The molecule has 56 heavy (non-hydrogen) atoms. The first kappa shape index (κ1) is 38.8. The third-order valence-corrected chi connectivity index (χ3v) is 15.5. The number of thiophene rings is 3. The van der Waals surface area contributed by atoms with E-state index in [0.29, 0.717) is 0 Å². The first-order chi connectivity index (χ1) is 26.2. The molecule has 0 saturated heterocycles. The van der Waals surface area contributed by atoms with Crippen molar-refractivity contribution in [2.24, 2.45) is 10.8 Å². The quantitative estimate of drug-likeness (QED) is 0.147. The first-order valence-electron chi connectivity index (χ1n) is 20.1. The van der Waals surface area contributed by atoms with Gasteiger partial charge in [0.25, 0.3) is 0 Å². The molecule has 0 unspecified atom stereocenters. The smallest absolute Gasteiger partial charge is 0.0407 e. The molecule has 0 aliphatic rings. The third-order valence-electron chi connectivity index (χ3n) is 11.9. The topological polar surface area (TPSA) is 0 Å². The van der Waals surface area contributed by atoms with E-state index in [0.717, 1.165) is 12.0 Å². The molecule has 0 saturated carbocycles. The lowest BCUT2D eigenvalue weighted by Crippen LogP contribution is -2.22. The lowest BCUT2D eigenvalue weighted by molar-refractivity contribution is 0.489. The summed E-state index contributed by atoms with van der Waals surface area (Å²) in [5, 5.41) is 8.24. The molecule has 8 rings (SSSR count). The normalized spacial score (nSPS) is 14.1. The van der Waals surface area contributed by atoms with E-state index in [1.807, 2.05) is 34.0 Å². The van der Waals surface area contributed by atoms with E-state index in [9.17, 15) is 0 Å². The Hall–Kier alpha value is -4.02. The van der Waals surface area contributed by atoms with Crippen LogP contribution in [0, 0.1) is 10.8 Å². The SMILES string of the molecule is C=C(/C=C(\C=C(/C)C(C)(C)C)C(C)(C)C)c1cc(CC(C)(C)c2c3sc4ccccc4c3cc3c2sc2ccccc23)c2sc3ccccc3c2c1C(C)(C)C. The summed E-state index contributed by atoms with van der Waals surface area (Å²) >= 11 is 5.91. The summed E-state index contributed by atoms with van der Waals surface area (Å²) in [6.45, 7) is 33.2. The van der Waals surface area contributed by atoms with Gasteiger partial charge in [-0.3, -0.25) is 0 Å². The van der Waals surface area contributed by atoms with Gasteiger partial charge in [0.1, 0.15) is 0 Å². The zero-order valence-corrected chi connectivity index (χ0v) is 37.8. The summed E-state index contributed by atoms with van der Waals surface area (Å²) in [5.74, 6) is 0. The molecule has 0 N–H and O–H groups in total. The molecule has 0 atom stereocenters. The van der Waals surface area contributed by atoms with Gasteiger partial charge in [0.05, 0.1) is 0 Å². The molecule has 0 nitrogen and oxygen atoms in total. The standard InChI is InChI=1S/C53H56S3/c1-31(26-34(51(6,7)8)27-32(2)50(3,4)5)38-28-33(47-44(45(38)52(9,10)11)37-22-16-19-25-43(37)54-47)30-53(12,13)46-48-39(35-20-14-17-23-41(35)55-48)29-40-36-21-15-18-24-42(36)56-49(40)46/h14-29H,1,30H2,2-13H3/b32-27+,34-26+. The van der Waals surface area contributed by atoms with Crippen LogP contribution >= 0.6 is 34.0 Å². The fraction of sp³-hybridized carbons (Fsp3) is 0.321. The largest absolute Gasteiger partial charge is 0.135 e. The predicted octanol–water partition coefficient (Wildman–Crippen LogP) is 17.6. The highest BCUT2D eigenvalue weighted by Crippen LogP contribution is 2.52. The minimum Gasteiger partial charge on any atom is -0.135 e. The molecule has 3 heterocycles. The van der Waals surface area contributed by atoms with Crippen LogP contribution in [0.4, 0.5) is 0 Å². The highest BCUT2D eigenvalue weighted by Gasteiger charge is 2.33. The minimum absolute atomic E-state index is 0.0418. The maximum atomic E-state index is 4.92. The Morgan fingerprint density at radius 3 is 1.54 bits per heavy atom. The van der Waals surface area contributed by atoms with Gasteiger partial charge in [-0.05, 0) is 98.7 Å². The van der Waals surface area contributed by atoms with Crippen LogP contribution in [0.2, 0.25) is 0 Å². The van der Waals surface area contributed by atoms with Crippen molar-refractivity contribution in [3.05, 3.63) is 137 Å². The summed E-state index contributed by atoms with van der Waals surface area (Å²) in [6, 6.07) is 32.1. The number of allylic oxidation sites excluding steroid dienone is 5. The van der Waals surface area contributed by atoms with E-state index in [1.54, 1.807) is 0 Å². The van der Waals surface area contributed by atoms with Crippen molar-refractivity contribution < 1.29 is 0 Å². The van der Waals surface area contributed by atoms with Crippen molar-refractivity contribution in [3.8, 4) is 0 Å². The number of fused-ring (bicyclic) bond motifs is 9. The minimum atomic E-state index is -0.177. The zero-order valence-electron chi connectivity index (χ0n) is 35.4. The monoisotopic (exact) mass is 788 g/mol. The van der Waals surface area contributed by atoms with Crippen LogP contribution in [0.25, 0.3) is 66.1 Å². The van der Waals surface area contributed by atoms with E-state index >= 15 is 0 Å². The highest BCUT2D eigenvalue weighted by atomic mass is 32.1. The van der Waals surface area contributed by atoms with Gasteiger partial charge in [-0.25, -0.2) is 0 Å². The number of benzene rings is 5. The summed E-state index contributed by atoms with van der Waals surface area (Å²) in [5.41, 5.74) is 9.12. The molecule has 8 aromatic rings. The molecule has 3 heteroatoms. The number of hydrogen-bond acceptors (Lipinski definition) is 3. The summed E-state index contributed by atoms with van der Waals surface area (Å²) in [6.07, 6.45) is 5.73. The van der Waals surface area contributed by atoms with Crippen LogP contribution in [-0.2, 0) is 17.3 Å². The fourth-order valence-corrected chi connectivity index (χ4v) is 12.7. The molecular formula is C53H56S3. The van der Waals surface area contributed by atoms with E-state index < -0.39 is 0 Å². The second-order valence-corrected chi connectivity index (χ2v) is 22.9. The van der Waals surface area contributed by atoms with E-state index in [2.05, 4.69) is 180 Å². The molecule has 3 aromatic heterocycles. The molecule has 5 aromatic carbocycles. The molecule has 0 aliphatic carbocycles. The number of rotatable bonds is 6. The van der Waals surface area contributed by atoms with Gasteiger partial charge >= 0.3 is 0 Å². The molecule has 0 bridgehead atoms.